The Morgan fingerprint density at radius 2 is 2.19 bits per heavy atom. The van der Waals surface area contributed by atoms with Gasteiger partial charge in [0, 0.05) is 18.0 Å². The van der Waals surface area contributed by atoms with Crippen LogP contribution in [0.25, 0.3) is 0 Å². The number of benzene rings is 1. The van der Waals surface area contributed by atoms with Crippen LogP contribution in [0.5, 0.6) is 0 Å². The van der Waals surface area contributed by atoms with E-state index < -0.39 is 17.8 Å². The second-order valence-corrected chi connectivity index (χ2v) is 5.25. The number of hydrogen-bond acceptors (Lipinski definition) is 2. The Labute approximate surface area is 125 Å². The minimum absolute atomic E-state index is 0.0494. The van der Waals surface area contributed by atoms with Crippen molar-refractivity contribution in [2.75, 3.05) is 0 Å². The highest BCUT2D eigenvalue weighted by Gasteiger charge is 2.48. The lowest BCUT2D eigenvalue weighted by atomic mass is 9.83. The maximum Gasteiger partial charge on any atom is 0.267 e. The van der Waals surface area contributed by atoms with Crippen LogP contribution < -0.4 is 10.8 Å². The molecule has 106 valence electrons. The molecule has 2 heterocycles. The third-order valence-electron chi connectivity index (χ3n) is 3.52. The Bertz CT molecular complexity index is 718. The summed E-state index contributed by atoms with van der Waals surface area (Å²) >= 11 is 5.08. The van der Waals surface area contributed by atoms with Gasteiger partial charge in [-0.15, -0.1) is 0 Å². The summed E-state index contributed by atoms with van der Waals surface area (Å²) in [5, 5.41) is 2.56. The SMILES string of the molecule is [B]c1ccc(F)c(C2(C(F)F)Cn3ccnc3C(=S)N2)c1. The summed E-state index contributed by atoms with van der Waals surface area (Å²) in [6.45, 7) is -0.194. The van der Waals surface area contributed by atoms with Gasteiger partial charge < -0.3 is 9.88 Å². The van der Waals surface area contributed by atoms with Crippen LogP contribution in [-0.4, -0.2) is 28.8 Å². The van der Waals surface area contributed by atoms with Gasteiger partial charge in [0.25, 0.3) is 6.43 Å². The average molecular weight is 307 g/mol. The number of alkyl halides is 2. The monoisotopic (exact) mass is 307 g/mol. The van der Waals surface area contributed by atoms with E-state index in [-0.39, 0.29) is 22.6 Å². The number of aromatic nitrogens is 2. The molecular formula is C13H9BF3N3S. The number of halogens is 3. The van der Waals surface area contributed by atoms with Gasteiger partial charge in [-0.05, 0) is 6.07 Å². The molecule has 0 saturated carbocycles. The number of rotatable bonds is 2. The van der Waals surface area contributed by atoms with Gasteiger partial charge in [0.05, 0.1) is 6.54 Å². The van der Waals surface area contributed by atoms with Crippen molar-refractivity contribution in [3.8, 4) is 0 Å². The Balaban J connectivity index is 2.19. The molecule has 21 heavy (non-hydrogen) atoms. The molecule has 1 aliphatic rings. The lowest BCUT2D eigenvalue weighted by Gasteiger charge is -2.39. The molecule has 1 aromatic heterocycles. The molecule has 3 nitrogen and oxygen atoms in total. The van der Waals surface area contributed by atoms with Crippen LogP contribution in [0, 0.1) is 5.82 Å². The van der Waals surface area contributed by atoms with Crippen molar-refractivity contribution in [2.24, 2.45) is 0 Å². The minimum Gasteiger partial charge on any atom is -0.357 e. The summed E-state index contributed by atoms with van der Waals surface area (Å²) in [4.78, 5) is 4.04. The molecule has 2 aromatic rings. The number of imidazole rings is 1. The van der Waals surface area contributed by atoms with Gasteiger partial charge in [0.2, 0.25) is 0 Å². The number of thiocarbonyl (C=S) groups is 1. The molecule has 0 fully saturated rings. The van der Waals surface area contributed by atoms with Crippen molar-refractivity contribution >= 4 is 30.5 Å². The smallest absolute Gasteiger partial charge is 0.267 e. The first-order chi connectivity index (χ1) is 9.94. The number of nitrogens with zero attached hydrogens (tertiary/aromatic N) is 2. The summed E-state index contributed by atoms with van der Waals surface area (Å²) in [5.41, 5.74) is -1.97. The second kappa shape index (κ2) is 4.87. The molecule has 3 rings (SSSR count). The lowest BCUT2D eigenvalue weighted by molar-refractivity contribution is 0.0231. The molecule has 0 aliphatic carbocycles. The summed E-state index contributed by atoms with van der Waals surface area (Å²) in [6.07, 6.45) is 0.104. The Hall–Kier alpha value is -1.83. The highest BCUT2D eigenvalue weighted by molar-refractivity contribution is 7.80. The number of fused-ring (bicyclic) bond motifs is 1. The molecule has 8 heteroatoms. The molecule has 0 bridgehead atoms. The predicted molar refractivity (Wildman–Crippen MR) is 76.5 cm³/mol. The first-order valence-electron chi connectivity index (χ1n) is 6.11. The topological polar surface area (TPSA) is 29.9 Å². The van der Waals surface area contributed by atoms with Crippen molar-refractivity contribution in [3.05, 3.63) is 47.8 Å². The first kappa shape index (κ1) is 14.1. The normalized spacial score (nSPS) is 21.2. The predicted octanol–water partition coefficient (Wildman–Crippen LogP) is 1.26. The molecule has 1 aromatic carbocycles. The Morgan fingerprint density at radius 1 is 1.43 bits per heavy atom. The van der Waals surface area contributed by atoms with E-state index in [1.54, 1.807) is 0 Å². The van der Waals surface area contributed by atoms with Gasteiger partial charge in [-0.2, -0.15) is 0 Å². The maximum atomic E-state index is 14.1. The molecule has 1 N–H and O–H groups in total. The van der Waals surface area contributed by atoms with Crippen LogP contribution in [0.15, 0.2) is 30.6 Å². The van der Waals surface area contributed by atoms with E-state index in [0.29, 0.717) is 5.82 Å². The highest BCUT2D eigenvalue weighted by Crippen LogP contribution is 2.35. The zero-order chi connectivity index (χ0) is 15.2. The van der Waals surface area contributed by atoms with Crippen LogP contribution >= 0.6 is 12.2 Å². The Kier molecular flexibility index (Phi) is 3.28. The van der Waals surface area contributed by atoms with E-state index >= 15 is 0 Å². The fourth-order valence-corrected chi connectivity index (χ4v) is 2.84. The van der Waals surface area contributed by atoms with Crippen LogP contribution in [-0.2, 0) is 12.1 Å². The Morgan fingerprint density at radius 3 is 2.90 bits per heavy atom. The van der Waals surface area contributed by atoms with Gasteiger partial charge >= 0.3 is 0 Å². The third kappa shape index (κ3) is 2.14. The fraction of sp³-hybridized carbons (Fsp3) is 0.231. The van der Waals surface area contributed by atoms with Crippen LogP contribution in [0.2, 0.25) is 0 Å². The summed E-state index contributed by atoms with van der Waals surface area (Å²) < 4.78 is 43.1. The second-order valence-electron chi connectivity index (χ2n) is 4.84. The van der Waals surface area contributed by atoms with E-state index in [1.807, 2.05) is 0 Å². The first-order valence-corrected chi connectivity index (χ1v) is 6.52. The van der Waals surface area contributed by atoms with Crippen molar-refractivity contribution in [1.82, 2.24) is 14.9 Å². The summed E-state index contributed by atoms with van der Waals surface area (Å²) in [7, 11) is 5.61. The molecule has 1 unspecified atom stereocenters. The number of hydrogen-bond donors (Lipinski definition) is 1. The molecule has 0 saturated heterocycles. The third-order valence-corrected chi connectivity index (χ3v) is 3.80. The van der Waals surface area contributed by atoms with Crippen LogP contribution in [0.4, 0.5) is 13.2 Å². The van der Waals surface area contributed by atoms with E-state index in [0.717, 1.165) is 6.07 Å². The highest BCUT2D eigenvalue weighted by atomic mass is 32.1. The van der Waals surface area contributed by atoms with E-state index in [1.165, 1.54) is 29.1 Å². The minimum atomic E-state index is -2.89. The van der Waals surface area contributed by atoms with Crippen molar-refractivity contribution in [3.63, 3.8) is 0 Å². The quantitative estimate of drug-likeness (QED) is 0.669. The molecule has 1 atom stereocenters. The zero-order valence-electron chi connectivity index (χ0n) is 10.7. The molecule has 0 amide bonds. The maximum absolute atomic E-state index is 14.1. The molecule has 2 radical (unpaired) electrons. The molecule has 0 spiro atoms. The van der Waals surface area contributed by atoms with E-state index in [9.17, 15) is 13.2 Å². The average Bonchev–Trinajstić information content (AvgIpc) is 2.89. The van der Waals surface area contributed by atoms with Gasteiger partial charge in [-0.3, -0.25) is 0 Å². The van der Waals surface area contributed by atoms with E-state index in [2.05, 4.69) is 10.3 Å². The van der Waals surface area contributed by atoms with Crippen molar-refractivity contribution in [2.45, 2.75) is 18.5 Å². The summed E-state index contributed by atoms with van der Waals surface area (Å²) in [5.74, 6) is -0.381. The van der Waals surface area contributed by atoms with E-state index in [4.69, 9.17) is 20.1 Å². The largest absolute Gasteiger partial charge is 0.357 e. The van der Waals surface area contributed by atoms with Gasteiger partial charge in [-0.1, -0.05) is 29.8 Å². The lowest BCUT2D eigenvalue weighted by Crippen LogP contribution is -2.58. The fourth-order valence-electron chi connectivity index (χ4n) is 2.49. The zero-order valence-corrected chi connectivity index (χ0v) is 11.5. The van der Waals surface area contributed by atoms with Gasteiger partial charge in [-0.25, -0.2) is 18.2 Å². The van der Waals surface area contributed by atoms with Crippen molar-refractivity contribution in [1.29, 1.82) is 0 Å². The van der Waals surface area contributed by atoms with Crippen LogP contribution in [0.3, 0.4) is 0 Å². The van der Waals surface area contributed by atoms with Gasteiger partial charge in [0.1, 0.15) is 24.2 Å². The van der Waals surface area contributed by atoms with Crippen LogP contribution in [0.1, 0.15) is 11.4 Å². The molecular weight excluding hydrogens is 298 g/mol. The van der Waals surface area contributed by atoms with Crippen molar-refractivity contribution < 1.29 is 13.2 Å². The number of nitrogens with one attached hydrogen (secondary N) is 1. The standard InChI is InChI=1S/C13H9BF3N3S/c14-7-1-2-9(15)8(5-7)13(12(16)17)6-20-4-3-18-10(20)11(21)19-13/h1-5,12H,6H2,(H,19,21). The van der Waals surface area contributed by atoms with Gasteiger partial charge in [0.15, 0.2) is 5.82 Å². The summed E-state index contributed by atoms with van der Waals surface area (Å²) in [6, 6.07) is 3.60. The molecule has 1 aliphatic heterocycles.